The molecule has 2 atom stereocenters. The molecule has 0 unspecified atom stereocenters. The molecule has 44 heavy (non-hydrogen) atoms. The van der Waals surface area contributed by atoms with E-state index in [2.05, 4.69) is 5.32 Å². The number of nitrogens with zero attached hydrogens (tertiary/aromatic N) is 1. The molecule has 0 aliphatic rings. The minimum atomic E-state index is -1.19. The van der Waals surface area contributed by atoms with Gasteiger partial charge in [0.1, 0.15) is 24.3 Å². The van der Waals surface area contributed by atoms with Gasteiger partial charge in [0.05, 0.1) is 0 Å². The fraction of sp³-hybridized carbons (Fsp3) is 0.444. The van der Waals surface area contributed by atoms with Crippen molar-refractivity contribution in [2.75, 3.05) is 0 Å². The largest absolute Gasteiger partial charge is 0.459 e. The van der Waals surface area contributed by atoms with Crippen LogP contribution in [0, 0.1) is 11.8 Å². The van der Waals surface area contributed by atoms with Crippen molar-refractivity contribution in [1.82, 2.24) is 10.2 Å². The number of aryl methyl sites for hydroxylation is 1. The van der Waals surface area contributed by atoms with Gasteiger partial charge in [0.15, 0.2) is 0 Å². The third-order valence-corrected chi connectivity index (χ3v) is 7.10. The summed E-state index contributed by atoms with van der Waals surface area (Å²) in [6.45, 7) is 12.6. The van der Waals surface area contributed by atoms with Crippen molar-refractivity contribution in [2.24, 2.45) is 11.8 Å². The summed E-state index contributed by atoms with van der Waals surface area (Å²) in [6.07, 6.45) is -0.346. The van der Waals surface area contributed by atoms with Crippen LogP contribution < -0.4 is 5.32 Å². The van der Waals surface area contributed by atoms with Crippen LogP contribution in [-0.2, 0) is 36.9 Å². The molecular weight excluding hydrogens is 556 g/mol. The zero-order valence-electron chi connectivity index (χ0n) is 27.0. The van der Waals surface area contributed by atoms with Gasteiger partial charge in [-0.3, -0.25) is 9.59 Å². The molecule has 3 rings (SSSR count). The van der Waals surface area contributed by atoms with E-state index in [-0.39, 0.29) is 31.3 Å². The highest BCUT2D eigenvalue weighted by molar-refractivity contribution is 5.99. The van der Waals surface area contributed by atoms with Crippen molar-refractivity contribution in [3.8, 4) is 0 Å². The predicted molar refractivity (Wildman–Crippen MR) is 172 cm³/mol. The average Bonchev–Trinajstić information content (AvgIpc) is 2.96. The van der Waals surface area contributed by atoms with E-state index in [0.29, 0.717) is 6.42 Å². The number of carbonyl (C=O) groups is 4. The topological polar surface area (TPSA) is 102 Å². The lowest BCUT2D eigenvalue weighted by atomic mass is 9.98. The number of hydrogen-bond donors (Lipinski definition) is 1. The van der Waals surface area contributed by atoms with Crippen LogP contribution in [0.25, 0.3) is 10.8 Å². The zero-order valence-corrected chi connectivity index (χ0v) is 27.0. The van der Waals surface area contributed by atoms with Crippen LogP contribution >= 0.6 is 0 Å². The third-order valence-electron chi connectivity index (χ3n) is 7.10. The molecule has 3 aromatic carbocycles. The molecule has 3 amide bonds. The van der Waals surface area contributed by atoms with Crippen LogP contribution in [0.2, 0.25) is 0 Å². The molecule has 0 aromatic heterocycles. The van der Waals surface area contributed by atoms with Crippen molar-refractivity contribution >= 4 is 34.6 Å². The predicted octanol–water partition coefficient (Wildman–Crippen LogP) is 6.84. The summed E-state index contributed by atoms with van der Waals surface area (Å²) in [4.78, 5) is 55.4. The Hall–Kier alpha value is -4.20. The Bertz CT molecular complexity index is 1420. The average molecular weight is 603 g/mol. The van der Waals surface area contributed by atoms with Crippen LogP contribution in [0.5, 0.6) is 0 Å². The Labute approximate surface area is 261 Å². The van der Waals surface area contributed by atoms with E-state index in [9.17, 15) is 19.2 Å². The van der Waals surface area contributed by atoms with Crippen molar-refractivity contribution in [1.29, 1.82) is 0 Å². The number of benzene rings is 3. The lowest BCUT2D eigenvalue weighted by molar-refractivity contribution is -0.151. The van der Waals surface area contributed by atoms with Crippen molar-refractivity contribution in [3.05, 3.63) is 83.9 Å². The van der Waals surface area contributed by atoms with Gasteiger partial charge in [-0.05, 0) is 67.3 Å². The molecule has 8 heteroatoms. The van der Waals surface area contributed by atoms with Gasteiger partial charge in [0.25, 0.3) is 0 Å². The second kappa shape index (κ2) is 15.5. The Morgan fingerprint density at radius 1 is 0.841 bits per heavy atom. The molecule has 0 saturated heterocycles. The second-order valence-corrected chi connectivity index (χ2v) is 12.9. The van der Waals surface area contributed by atoms with E-state index in [0.717, 1.165) is 26.8 Å². The third kappa shape index (κ3) is 9.93. The number of nitrogens with one attached hydrogen (secondary N) is 1. The minimum absolute atomic E-state index is 0.0121. The molecule has 3 aromatic rings. The standard InChI is InChI=1S/C36H46N2O6/c1-24(2)22-30(33(40)37-32(25(3)4)34(41)43-23-26-14-9-8-10-15-26)38(35(42)44-36(5,6)7)31(39)21-20-28-18-13-17-27-16-11-12-19-29(27)28/h8-19,24-25,30,32H,20-23H2,1-7H3,(H,37,40)/t30-,32-/m0/s1. The fourth-order valence-corrected chi connectivity index (χ4v) is 4.93. The van der Waals surface area contributed by atoms with Gasteiger partial charge in [-0.25, -0.2) is 14.5 Å². The first-order valence-corrected chi connectivity index (χ1v) is 15.3. The molecule has 0 bridgehead atoms. The molecule has 0 spiro atoms. The summed E-state index contributed by atoms with van der Waals surface area (Å²) in [5, 5.41) is 4.87. The quantitative estimate of drug-likeness (QED) is 0.228. The highest BCUT2D eigenvalue weighted by atomic mass is 16.6. The fourth-order valence-electron chi connectivity index (χ4n) is 4.93. The highest BCUT2D eigenvalue weighted by Gasteiger charge is 2.39. The number of hydrogen-bond acceptors (Lipinski definition) is 6. The van der Waals surface area contributed by atoms with Gasteiger partial charge >= 0.3 is 12.1 Å². The summed E-state index contributed by atoms with van der Waals surface area (Å²) >= 11 is 0. The monoisotopic (exact) mass is 602 g/mol. The molecular formula is C36H46N2O6. The number of esters is 1. The molecule has 1 N–H and O–H groups in total. The van der Waals surface area contributed by atoms with Gasteiger partial charge in [-0.15, -0.1) is 0 Å². The normalized spacial score (nSPS) is 12.9. The number of amides is 3. The van der Waals surface area contributed by atoms with Gasteiger partial charge in [-0.1, -0.05) is 100 Å². The van der Waals surface area contributed by atoms with Crippen LogP contribution in [0.1, 0.15) is 72.4 Å². The number of rotatable bonds is 12. The summed E-state index contributed by atoms with van der Waals surface area (Å²) in [5.74, 6) is -2.09. The van der Waals surface area contributed by atoms with Gasteiger partial charge in [-0.2, -0.15) is 0 Å². The van der Waals surface area contributed by atoms with Gasteiger partial charge in [0, 0.05) is 6.42 Å². The molecule has 8 nitrogen and oxygen atoms in total. The highest BCUT2D eigenvalue weighted by Crippen LogP contribution is 2.23. The summed E-state index contributed by atoms with van der Waals surface area (Å²) in [5.41, 5.74) is 0.887. The molecule has 0 aliphatic carbocycles. The minimum Gasteiger partial charge on any atom is -0.459 e. The van der Waals surface area contributed by atoms with Crippen LogP contribution in [-0.4, -0.2) is 46.5 Å². The van der Waals surface area contributed by atoms with E-state index in [1.165, 1.54) is 0 Å². The van der Waals surface area contributed by atoms with E-state index in [1.807, 2.05) is 86.6 Å². The Morgan fingerprint density at radius 2 is 1.48 bits per heavy atom. The van der Waals surface area contributed by atoms with Crippen LogP contribution in [0.4, 0.5) is 4.79 Å². The first-order valence-electron chi connectivity index (χ1n) is 15.3. The maximum atomic E-state index is 13.9. The number of fused-ring (bicyclic) bond motifs is 1. The molecule has 0 fully saturated rings. The molecule has 0 saturated carbocycles. The SMILES string of the molecule is CC(C)C[C@@H](C(=O)N[C@H](C(=O)OCc1ccccc1)C(C)C)N(C(=O)CCc1cccc2ccccc12)C(=O)OC(C)(C)C. The van der Waals surface area contributed by atoms with E-state index < -0.39 is 41.6 Å². The van der Waals surface area contributed by atoms with Crippen LogP contribution in [0.3, 0.4) is 0 Å². The molecule has 236 valence electrons. The summed E-state index contributed by atoms with van der Waals surface area (Å²) in [7, 11) is 0. The van der Waals surface area contributed by atoms with Gasteiger partial charge < -0.3 is 14.8 Å². The van der Waals surface area contributed by atoms with E-state index >= 15 is 0 Å². The maximum Gasteiger partial charge on any atom is 0.417 e. The van der Waals surface area contributed by atoms with Crippen LogP contribution in [0.15, 0.2) is 72.8 Å². The summed E-state index contributed by atoms with van der Waals surface area (Å²) in [6, 6.07) is 20.9. The Balaban J connectivity index is 1.87. The second-order valence-electron chi connectivity index (χ2n) is 12.9. The molecule has 0 radical (unpaired) electrons. The number of imide groups is 1. The van der Waals surface area contributed by atoms with Crippen molar-refractivity contribution < 1.29 is 28.7 Å². The number of ether oxygens (including phenoxy) is 2. The van der Waals surface area contributed by atoms with Crippen molar-refractivity contribution in [2.45, 2.75) is 92.0 Å². The molecule has 0 aliphatic heterocycles. The van der Waals surface area contributed by atoms with Gasteiger partial charge in [0.2, 0.25) is 11.8 Å². The Kier molecular flexibility index (Phi) is 12.1. The van der Waals surface area contributed by atoms with E-state index in [1.54, 1.807) is 34.6 Å². The maximum absolute atomic E-state index is 13.9. The molecule has 0 heterocycles. The first-order chi connectivity index (χ1) is 20.8. The lowest BCUT2D eigenvalue weighted by Crippen LogP contribution is -2.57. The number of carbonyl (C=O) groups excluding carboxylic acids is 4. The van der Waals surface area contributed by atoms with E-state index in [4.69, 9.17) is 9.47 Å². The smallest absolute Gasteiger partial charge is 0.417 e. The first kappa shape index (κ1) is 34.3. The summed E-state index contributed by atoms with van der Waals surface area (Å²) < 4.78 is 11.2. The lowest BCUT2D eigenvalue weighted by Gasteiger charge is -2.33. The Morgan fingerprint density at radius 3 is 2.11 bits per heavy atom. The van der Waals surface area contributed by atoms with Crippen molar-refractivity contribution in [3.63, 3.8) is 0 Å². The zero-order chi connectivity index (χ0) is 32.4.